The first-order valence-electron chi connectivity index (χ1n) is 8.37. The van der Waals surface area contributed by atoms with Gasteiger partial charge in [0.1, 0.15) is 0 Å². The van der Waals surface area contributed by atoms with E-state index in [1.54, 1.807) is 19.1 Å². The van der Waals surface area contributed by atoms with Crippen molar-refractivity contribution in [3.8, 4) is 0 Å². The molecule has 1 aromatic rings. The van der Waals surface area contributed by atoms with E-state index in [0.717, 1.165) is 5.56 Å². The van der Waals surface area contributed by atoms with Gasteiger partial charge in [0, 0.05) is 12.7 Å². The van der Waals surface area contributed by atoms with Crippen LogP contribution in [0.4, 0.5) is 0 Å². The van der Waals surface area contributed by atoms with Crippen LogP contribution in [0, 0.1) is 0 Å². The zero-order chi connectivity index (χ0) is 20.0. The molecule has 0 aromatic heterocycles. The molecule has 144 valence electrons. The molecule has 2 amide bonds. The van der Waals surface area contributed by atoms with Gasteiger partial charge in [0.05, 0.1) is 25.1 Å². The summed E-state index contributed by atoms with van der Waals surface area (Å²) in [5.74, 6) is -1.90. The third-order valence-corrected chi connectivity index (χ3v) is 3.87. The zero-order valence-electron chi connectivity index (χ0n) is 16.0. The molecule has 0 radical (unpaired) electrons. The van der Waals surface area contributed by atoms with Crippen LogP contribution in [-0.4, -0.2) is 48.7 Å². The Morgan fingerprint density at radius 3 is 2.12 bits per heavy atom. The van der Waals surface area contributed by atoms with Gasteiger partial charge in [0.15, 0.2) is 0 Å². The number of carbonyl (C=O) groups excluding carboxylic acids is 2. The molecule has 0 aliphatic heterocycles. The first-order chi connectivity index (χ1) is 12.0. The highest BCUT2D eigenvalue weighted by Crippen LogP contribution is 2.22. The van der Waals surface area contributed by atoms with Crippen LogP contribution in [0.2, 0.25) is 0 Å². The van der Waals surface area contributed by atoms with Crippen LogP contribution in [0.15, 0.2) is 24.3 Å². The molecule has 0 aliphatic carbocycles. The van der Waals surface area contributed by atoms with Gasteiger partial charge in [0.2, 0.25) is 5.91 Å². The summed E-state index contributed by atoms with van der Waals surface area (Å²) >= 11 is 0. The molecule has 3 N–H and O–H groups in total. The van der Waals surface area contributed by atoms with Gasteiger partial charge in [-0.3, -0.25) is 14.4 Å². The molecule has 1 aromatic carbocycles. The summed E-state index contributed by atoms with van der Waals surface area (Å²) in [6.45, 7) is 7.63. The number of ether oxygens (including phenoxy) is 1. The molecule has 0 fully saturated rings. The van der Waals surface area contributed by atoms with Crippen molar-refractivity contribution in [1.29, 1.82) is 0 Å². The minimum Gasteiger partial charge on any atom is -0.481 e. The lowest BCUT2D eigenvalue weighted by atomic mass is 9.87. The fraction of sp³-hybridized carbons (Fsp3) is 0.526. The van der Waals surface area contributed by atoms with Crippen molar-refractivity contribution in [2.75, 3.05) is 20.3 Å². The second-order valence-corrected chi connectivity index (χ2v) is 7.62. The molecule has 1 rings (SSSR count). The van der Waals surface area contributed by atoms with Crippen molar-refractivity contribution >= 4 is 17.8 Å². The molecular weight excluding hydrogens is 336 g/mol. The minimum absolute atomic E-state index is 0.00909. The normalized spacial score (nSPS) is 13.6. The summed E-state index contributed by atoms with van der Waals surface area (Å²) in [6, 6.07) is 7.20. The van der Waals surface area contributed by atoms with E-state index in [4.69, 9.17) is 9.84 Å². The Kier molecular flexibility index (Phi) is 7.32. The highest BCUT2D eigenvalue weighted by molar-refractivity contribution is 5.96. The molecule has 0 saturated heterocycles. The van der Waals surface area contributed by atoms with E-state index in [-0.39, 0.29) is 30.9 Å². The largest absolute Gasteiger partial charge is 0.481 e. The molecule has 0 spiro atoms. The predicted octanol–water partition coefficient (Wildman–Crippen LogP) is 1.71. The van der Waals surface area contributed by atoms with Crippen molar-refractivity contribution in [3.63, 3.8) is 0 Å². The number of hydrogen-bond donors (Lipinski definition) is 3. The number of carbonyl (C=O) groups is 3. The Hall–Kier alpha value is -2.41. The smallest absolute Gasteiger partial charge is 0.305 e. The van der Waals surface area contributed by atoms with E-state index < -0.39 is 17.4 Å². The lowest BCUT2D eigenvalue weighted by Crippen LogP contribution is -2.53. The van der Waals surface area contributed by atoms with Gasteiger partial charge in [-0.1, -0.05) is 32.9 Å². The Morgan fingerprint density at radius 1 is 1.08 bits per heavy atom. The summed E-state index contributed by atoms with van der Waals surface area (Å²) in [4.78, 5) is 35.2. The molecule has 0 bridgehead atoms. The number of nitrogens with one attached hydrogen (secondary N) is 2. The Labute approximate surface area is 154 Å². The standard InChI is InChI=1S/C19H28N2O5/c1-18(2,3)14-8-6-13(7-9-14)17(25)20-11-15(22)21-19(4,12-26-5)10-16(23)24/h6-9H,10-12H2,1-5H3,(H,20,25)(H,21,22)(H,23,24). The first-order valence-corrected chi connectivity index (χ1v) is 8.37. The molecule has 7 heteroatoms. The monoisotopic (exact) mass is 364 g/mol. The summed E-state index contributed by atoms with van der Waals surface area (Å²) in [5.41, 5.74) is 0.508. The van der Waals surface area contributed by atoms with Crippen LogP contribution < -0.4 is 10.6 Å². The molecule has 0 heterocycles. The molecule has 26 heavy (non-hydrogen) atoms. The first kappa shape index (κ1) is 21.6. The van der Waals surface area contributed by atoms with Gasteiger partial charge in [0.25, 0.3) is 5.91 Å². The number of amides is 2. The summed E-state index contributed by atoms with van der Waals surface area (Å²) in [6.07, 6.45) is -0.283. The molecule has 1 atom stereocenters. The minimum atomic E-state index is -1.05. The van der Waals surface area contributed by atoms with Gasteiger partial charge in [-0.15, -0.1) is 0 Å². The Bertz CT molecular complexity index is 649. The Morgan fingerprint density at radius 2 is 1.65 bits per heavy atom. The van der Waals surface area contributed by atoms with Crippen LogP contribution in [0.5, 0.6) is 0 Å². The van der Waals surface area contributed by atoms with Crippen molar-refractivity contribution in [1.82, 2.24) is 10.6 Å². The lowest BCUT2D eigenvalue weighted by Gasteiger charge is -2.28. The van der Waals surface area contributed by atoms with Crippen LogP contribution in [-0.2, 0) is 19.7 Å². The lowest BCUT2D eigenvalue weighted by molar-refractivity contribution is -0.139. The quantitative estimate of drug-likeness (QED) is 0.651. The second-order valence-electron chi connectivity index (χ2n) is 7.62. The molecule has 0 aliphatic rings. The van der Waals surface area contributed by atoms with Crippen LogP contribution >= 0.6 is 0 Å². The number of methoxy groups -OCH3 is 1. The highest BCUT2D eigenvalue weighted by atomic mass is 16.5. The predicted molar refractivity (Wildman–Crippen MR) is 98.2 cm³/mol. The summed E-state index contributed by atoms with van der Waals surface area (Å²) in [7, 11) is 1.43. The number of carboxylic acid groups (broad SMARTS) is 1. The van der Waals surface area contributed by atoms with E-state index in [0.29, 0.717) is 5.56 Å². The van der Waals surface area contributed by atoms with E-state index in [1.165, 1.54) is 7.11 Å². The van der Waals surface area contributed by atoms with Gasteiger partial charge >= 0.3 is 5.97 Å². The average Bonchev–Trinajstić information content (AvgIpc) is 2.51. The van der Waals surface area contributed by atoms with Crippen LogP contribution in [0.25, 0.3) is 0 Å². The Balaban J connectivity index is 2.63. The fourth-order valence-electron chi connectivity index (χ4n) is 2.55. The van der Waals surface area contributed by atoms with Crippen LogP contribution in [0.3, 0.4) is 0 Å². The number of benzene rings is 1. The third kappa shape index (κ3) is 6.84. The average molecular weight is 364 g/mol. The zero-order valence-corrected chi connectivity index (χ0v) is 16.0. The number of rotatable bonds is 8. The van der Waals surface area contributed by atoms with E-state index in [2.05, 4.69) is 31.4 Å². The fourth-order valence-corrected chi connectivity index (χ4v) is 2.55. The van der Waals surface area contributed by atoms with E-state index in [9.17, 15) is 14.4 Å². The van der Waals surface area contributed by atoms with Gasteiger partial charge < -0.3 is 20.5 Å². The van der Waals surface area contributed by atoms with E-state index in [1.807, 2.05) is 12.1 Å². The van der Waals surface area contributed by atoms with E-state index >= 15 is 0 Å². The van der Waals surface area contributed by atoms with Crippen LogP contribution in [0.1, 0.15) is 50.0 Å². The van der Waals surface area contributed by atoms with Crippen molar-refractivity contribution in [2.24, 2.45) is 0 Å². The SMILES string of the molecule is COCC(C)(CC(=O)O)NC(=O)CNC(=O)c1ccc(C(C)(C)C)cc1. The number of aliphatic carboxylic acids is 1. The summed E-state index contributed by atoms with van der Waals surface area (Å²) < 4.78 is 4.98. The molecule has 0 saturated carbocycles. The third-order valence-electron chi connectivity index (χ3n) is 3.87. The van der Waals surface area contributed by atoms with Crippen molar-refractivity contribution in [2.45, 2.75) is 45.1 Å². The number of hydrogen-bond acceptors (Lipinski definition) is 4. The van der Waals surface area contributed by atoms with Crippen molar-refractivity contribution in [3.05, 3.63) is 35.4 Å². The van der Waals surface area contributed by atoms with Gasteiger partial charge in [-0.05, 0) is 30.0 Å². The maximum Gasteiger partial charge on any atom is 0.305 e. The summed E-state index contributed by atoms with van der Waals surface area (Å²) in [5, 5.41) is 14.1. The van der Waals surface area contributed by atoms with Gasteiger partial charge in [-0.2, -0.15) is 0 Å². The maximum atomic E-state index is 12.2. The molecule has 7 nitrogen and oxygen atoms in total. The molecule has 1 unspecified atom stereocenters. The van der Waals surface area contributed by atoms with Crippen molar-refractivity contribution < 1.29 is 24.2 Å². The number of carboxylic acids is 1. The second kappa shape index (κ2) is 8.80. The maximum absolute atomic E-state index is 12.2. The highest BCUT2D eigenvalue weighted by Gasteiger charge is 2.29. The topological polar surface area (TPSA) is 105 Å². The van der Waals surface area contributed by atoms with Gasteiger partial charge in [-0.25, -0.2) is 0 Å². The molecular formula is C19H28N2O5.